The topological polar surface area (TPSA) is 27.7 Å². The Kier molecular flexibility index (Phi) is 6.20. The highest BCUT2D eigenvalue weighted by Gasteiger charge is 2.86. The first-order valence-electron chi connectivity index (χ1n) is 6.98. The van der Waals surface area contributed by atoms with Gasteiger partial charge < -0.3 is 13.3 Å². The highest BCUT2D eigenvalue weighted by atomic mass is 28.4. The molecule has 0 atom stereocenters. The maximum atomic E-state index is 13.7. The number of alkyl halides is 9. The maximum Gasteiger partial charge on any atom is 0.500 e. The van der Waals surface area contributed by atoms with E-state index in [2.05, 4.69) is 0 Å². The average Bonchev–Trinajstić information content (AvgIpc) is 2.53. The minimum absolute atomic E-state index is 0.366. The van der Waals surface area contributed by atoms with Crippen molar-refractivity contribution in [3.63, 3.8) is 0 Å². The highest BCUT2D eigenvalue weighted by Crippen LogP contribution is 2.62. The van der Waals surface area contributed by atoms with Crippen LogP contribution < -0.4 is 0 Å². The van der Waals surface area contributed by atoms with Crippen LogP contribution in [0.15, 0.2) is 0 Å². The van der Waals surface area contributed by atoms with E-state index >= 15 is 0 Å². The van der Waals surface area contributed by atoms with Crippen LogP contribution >= 0.6 is 0 Å². The average molecular weight is 408 g/mol. The minimum Gasteiger partial charge on any atom is -0.377 e. The van der Waals surface area contributed by atoms with Crippen molar-refractivity contribution in [2.45, 2.75) is 48.7 Å². The summed E-state index contributed by atoms with van der Waals surface area (Å²) in [6.07, 6.45) is -7.12. The first-order chi connectivity index (χ1) is 11.2. The third-order valence-electron chi connectivity index (χ3n) is 4.31. The molecule has 1 aliphatic rings. The van der Waals surface area contributed by atoms with Crippen molar-refractivity contribution >= 4 is 8.80 Å². The van der Waals surface area contributed by atoms with E-state index in [4.69, 9.17) is 13.3 Å². The summed E-state index contributed by atoms with van der Waals surface area (Å²) in [5.41, 5.74) is 0. The molecule has 0 aliphatic heterocycles. The van der Waals surface area contributed by atoms with Gasteiger partial charge in [0.05, 0.1) is 5.92 Å². The quantitative estimate of drug-likeness (QED) is 0.468. The molecule has 25 heavy (non-hydrogen) atoms. The van der Waals surface area contributed by atoms with Crippen molar-refractivity contribution in [2.75, 3.05) is 21.3 Å². The van der Waals surface area contributed by atoms with Gasteiger partial charge in [0.2, 0.25) is 6.17 Å². The zero-order valence-electron chi connectivity index (χ0n) is 13.4. The molecule has 1 aliphatic carbocycles. The molecule has 3 nitrogen and oxygen atoms in total. The lowest BCUT2D eigenvalue weighted by atomic mass is 9.74. The molecule has 0 bridgehead atoms. The minimum atomic E-state index is -5.94. The first-order valence-corrected chi connectivity index (χ1v) is 8.92. The lowest BCUT2D eigenvalue weighted by molar-refractivity contribution is -0.403. The molecular formula is C12H17F9O3Si. The van der Waals surface area contributed by atoms with Crippen molar-refractivity contribution in [3.8, 4) is 0 Å². The standard InChI is InChI=1S/C12H17F9O3Si/c1-22-25(23-2,24-3)6-4-5-7-9(14,15)11(18,19)8(13)12(20,21)10(7,16)17/h7-8H,4-6H2,1-3H3. The number of rotatable bonds is 7. The summed E-state index contributed by atoms with van der Waals surface area (Å²) >= 11 is 0. The molecular weight excluding hydrogens is 391 g/mol. The van der Waals surface area contributed by atoms with Crippen molar-refractivity contribution < 1.29 is 52.8 Å². The smallest absolute Gasteiger partial charge is 0.377 e. The highest BCUT2D eigenvalue weighted by molar-refractivity contribution is 6.60. The molecule has 0 saturated heterocycles. The second-order valence-electron chi connectivity index (χ2n) is 5.59. The summed E-state index contributed by atoms with van der Waals surface area (Å²) in [5.74, 6) is -27.0. The van der Waals surface area contributed by atoms with Gasteiger partial charge in [0.25, 0.3) is 0 Å². The van der Waals surface area contributed by atoms with E-state index in [-0.39, 0.29) is 6.04 Å². The molecule has 1 rings (SSSR count). The SMILES string of the molecule is CO[Si](CCCC1C(F)(F)C(F)(F)C(F)C(F)(F)C1(F)F)(OC)OC. The molecule has 13 heteroatoms. The third kappa shape index (κ3) is 3.27. The van der Waals surface area contributed by atoms with E-state index in [1.165, 1.54) is 0 Å². The van der Waals surface area contributed by atoms with Gasteiger partial charge in [-0.2, -0.15) is 35.1 Å². The van der Waals surface area contributed by atoms with Crippen molar-refractivity contribution in [3.05, 3.63) is 0 Å². The van der Waals surface area contributed by atoms with Crippen molar-refractivity contribution in [1.82, 2.24) is 0 Å². The second-order valence-corrected chi connectivity index (χ2v) is 8.69. The van der Waals surface area contributed by atoms with Gasteiger partial charge in [-0.15, -0.1) is 0 Å². The van der Waals surface area contributed by atoms with E-state index < -0.39 is 57.4 Å². The predicted octanol–water partition coefficient (Wildman–Crippen LogP) is 4.15. The van der Waals surface area contributed by atoms with Gasteiger partial charge in [0.1, 0.15) is 0 Å². The Labute approximate surface area is 138 Å². The van der Waals surface area contributed by atoms with Crippen LogP contribution in [0.1, 0.15) is 12.8 Å². The van der Waals surface area contributed by atoms with Crippen molar-refractivity contribution in [1.29, 1.82) is 0 Å². The fourth-order valence-electron chi connectivity index (χ4n) is 2.70. The number of halogens is 9. The van der Waals surface area contributed by atoms with Crippen LogP contribution in [0.2, 0.25) is 6.04 Å². The summed E-state index contributed by atoms with van der Waals surface area (Å²) in [5, 5.41) is 0. The Hall–Kier alpha value is -0.533. The predicted molar refractivity (Wildman–Crippen MR) is 69.0 cm³/mol. The lowest BCUT2D eigenvalue weighted by Gasteiger charge is -2.47. The molecule has 0 spiro atoms. The summed E-state index contributed by atoms with van der Waals surface area (Å²) in [7, 11) is -0.0463. The molecule has 0 amide bonds. The molecule has 0 aromatic rings. The lowest BCUT2D eigenvalue weighted by Crippen LogP contribution is -2.72. The van der Waals surface area contributed by atoms with Crippen LogP contribution in [0.5, 0.6) is 0 Å². The largest absolute Gasteiger partial charge is 0.500 e. The number of hydrogen-bond acceptors (Lipinski definition) is 3. The summed E-state index contributed by atoms with van der Waals surface area (Å²) in [4.78, 5) is 0. The molecule has 0 aromatic heterocycles. The van der Waals surface area contributed by atoms with E-state index in [0.717, 1.165) is 21.3 Å². The summed E-state index contributed by atoms with van der Waals surface area (Å²) in [6, 6.07) is -0.366. The van der Waals surface area contributed by atoms with E-state index in [1.807, 2.05) is 0 Å². The summed E-state index contributed by atoms with van der Waals surface area (Å²) < 4.78 is 136. The Bertz CT molecular complexity index is 434. The second kappa shape index (κ2) is 6.89. The van der Waals surface area contributed by atoms with Gasteiger partial charge in [-0.25, -0.2) is 4.39 Å². The fraction of sp³-hybridized carbons (Fsp3) is 1.00. The Morgan fingerprint density at radius 3 is 1.40 bits per heavy atom. The van der Waals surface area contributed by atoms with Crippen LogP contribution in [-0.4, -0.2) is 60.0 Å². The normalized spacial score (nSPS) is 30.2. The van der Waals surface area contributed by atoms with Gasteiger partial charge in [-0.3, -0.25) is 0 Å². The monoisotopic (exact) mass is 408 g/mol. The van der Waals surface area contributed by atoms with Crippen LogP contribution in [-0.2, 0) is 13.3 Å². The number of hydrogen-bond donors (Lipinski definition) is 0. The van der Waals surface area contributed by atoms with Gasteiger partial charge >= 0.3 is 32.5 Å². The molecule has 0 heterocycles. The zero-order valence-corrected chi connectivity index (χ0v) is 14.4. The van der Waals surface area contributed by atoms with Crippen LogP contribution in [0.25, 0.3) is 0 Å². The van der Waals surface area contributed by atoms with E-state index in [0.29, 0.717) is 0 Å². The van der Waals surface area contributed by atoms with E-state index in [9.17, 15) is 39.5 Å². The van der Waals surface area contributed by atoms with Gasteiger partial charge in [-0.05, 0) is 12.8 Å². The molecule has 1 saturated carbocycles. The summed E-state index contributed by atoms with van der Waals surface area (Å²) in [6.45, 7) is 0. The third-order valence-corrected chi connectivity index (χ3v) is 7.14. The van der Waals surface area contributed by atoms with Crippen LogP contribution in [0, 0.1) is 5.92 Å². The Morgan fingerprint density at radius 2 is 1.08 bits per heavy atom. The zero-order chi connectivity index (χ0) is 19.9. The van der Waals surface area contributed by atoms with Crippen LogP contribution in [0.4, 0.5) is 39.5 Å². The van der Waals surface area contributed by atoms with Gasteiger partial charge in [0, 0.05) is 27.4 Å². The molecule has 1 fully saturated rings. The molecule has 0 unspecified atom stereocenters. The molecule has 0 aromatic carbocycles. The van der Waals surface area contributed by atoms with Crippen LogP contribution in [0.3, 0.4) is 0 Å². The van der Waals surface area contributed by atoms with Crippen molar-refractivity contribution in [2.24, 2.45) is 5.92 Å². The van der Waals surface area contributed by atoms with Gasteiger partial charge in [-0.1, -0.05) is 0 Å². The maximum absolute atomic E-state index is 13.7. The fourth-order valence-corrected chi connectivity index (χ4v) is 4.45. The Balaban J connectivity index is 3.10. The Morgan fingerprint density at radius 1 is 0.720 bits per heavy atom. The molecule has 150 valence electrons. The first kappa shape index (κ1) is 22.5. The van der Waals surface area contributed by atoms with E-state index in [1.54, 1.807) is 0 Å². The molecule has 0 N–H and O–H groups in total. The molecule has 0 radical (unpaired) electrons. The van der Waals surface area contributed by atoms with Gasteiger partial charge in [0.15, 0.2) is 0 Å².